The normalized spacial score (nSPS) is 12.6. The monoisotopic (exact) mass is 206 g/mol. The predicted molar refractivity (Wildman–Crippen MR) is 55.0 cm³/mol. The second-order valence-corrected chi connectivity index (χ2v) is 3.71. The van der Waals surface area contributed by atoms with Gasteiger partial charge in [-0.15, -0.1) is 11.3 Å². The summed E-state index contributed by atoms with van der Waals surface area (Å²) in [5, 5.41) is 11.6. The molecule has 0 aromatic carbocycles. The van der Waals surface area contributed by atoms with Crippen molar-refractivity contribution in [3.8, 4) is 0 Å². The Kier molecular flexibility index (Phi) is 2.86. The fraction of sp³-hybridized carbons (Fsp3) is 0.200. The largest absolute Gasteiger partial charge is 0.386 e. The quantitative estimate of drug-likeness (QED) is 0.833. The van der Waals surface area contributed by atoms with Gasteiger partial charge in [0.05, 0.1) is 11.2 Å². The van der Waals surface area contributed by atoms with Crippen molar-refractivity contribution in [1.29, 1.82) is 0 Å². The number of aromatic nitrogens is 2. The Morgan fingerprint density at radius 3 is 3.07 bits per heavy atom. The number of hydrogen-bond acceptors (Lipinski definition) is 4. The van der Waals surface area contributed by atoms with Crippen LogP contribution in [0.2, 0.25) is 0 Å². The van der Waals surface area contributed by atoms with Crippen LogP contribution < -0.4 is 0 Å². The average molecular weight is 206 g/mol. The molecule has 0 aliphatic rings. The van der Waals surface area contributed by atoms with E-state index in [4.69, 9.17) is 0 Å². The van der Waals surface area contributed by atoms with Crippen molar-refractivity contribution in [3.05, 3.63) is 46.7 Å². The summed E-state index contributed by atoms with van der Waals surface area (Å²) < 4.78 is 0. The molecule has 0 aliphatic heterocycles. The molecule has 72 valence electrons. The van der Waals surface area contributed by atoms with Crippen molar-refractivity contribution in [2.24, 2.45) is 0 Å². The third kappa shape index (κ3) is 2.16. The Morgan fingerprint density at radius 2 is 2.43 bits per heavy atom. The van der Waals surface area contributed by atoms with Gasteiger partial charge in [0.1, 0.15) is 6.10 Å². The van der Waals surface area contributed by atoms with Crippen LogP contribution in [0.4, 0.5) is 0 Å². The van der Waals surface area contributed by atoms with E-state index >= 15 is 0 Å². The zero-order chi connectivity index (χ0) is 9.80. The third-order valence-electron chi connectivity index (χ3n) is 1.94. The van der Waals surface area contributed by atoms with Gasteiger partial charge < -0.3 is 5.11 Å². The van der Waals surface area contributed by atoms with Crippen LogP contribution >= 0.6 is 11.3 Å². The van der Waals surface area contributed by atoms with E-state index in [2.05, 4.69) is 9.97 Å². The SMILES string of the molecule is OC(Cc1cccnc1)c1cscn1. The molecule has 0 fully saturated rings. The summed E-state index contributed by atoms with van der Waals surface area (Å²) in [6.07, 6.45) is 3.52. The molecule has 2 heterocycles. The van der Waals surface area contributed by atoms with Crippen LogP contribution in [0, 0.1) is 0 Å². The van der Waals surface area contributed by atoms with Crippen molar-refractivity contribution < 1.29 is 5.11 Å². The summed E-state index contributed by atoms with van der Waals surface area (Å²) in [5.41, 5.74) is 3.48. The van der Waals surface area contributed by atoms with Gasteiger partial charge >= 0.3 is 0 Å². The van der Waals surface area contributed by atoms with Crippen LogP contribution in [-0.4, -0.2) is 15.1 Å². The molecule has 0 bridgehead atoms. The molecule has 0 radical (unpaired) electrons. The molecule has 2 aromatic rings. The van der Waals surface area contributed by atoms with Crippen molar-refractivity contribution in [3.63, 3.8) is 0 Å². The summed E-state index contributed by atoms with van der Waals surface area (Å²) in [7, 11) is 0. The molecule has 0 saturated carbocycles. The Morgan fingerprint density at radius 1 is 1.50 bits per heavy atom. The first-order valence-corrected chi connectivity index (χ1v) is 5.25. The van der Waals surface area contributed by atoms with Gasteiger partial charge in [-0.3, -0.25) is 4.98 Å². The van der Waals surface area contributed by atoms with E-state index in [9.17, 15) is 5.11 Å². The maximum Gasteiger partial charge on any atom is 0.101 e. The summed E-state index contributed by atoms with van der Waals surface area (Å²) in [5.74, 6) is 0. The molecule has 0 spiro atoms. The summed E-state index contributed by atoms with van der Waals surface area (Å²) in [6, 6.07) is 3.81. The predicted octanol–water partition coefficient (Wildman–Crippen LogP) is 1.81. The minimum Gasteiger partial charge on any atom is -0.386 e. The Balaban J connectivity index is 2.06. The Hall–Kier alpha value is -1.26. The summed E-state index contributed by atoms with van der Waals surface area (Å²) >= 11 is 1.49. The standard InChI is InChI=1S/C10H10N2OS/c13-10(9-6-14-7-12-9)4-8-2-1-3-11-5-8/h1-3,5-7,10,13H,4H2. The van der Waals surface area contributed by atoms with Crippen LogP contribution in [0.1, 0.15) is 17.4 Å². The highest BCUT2D eigenvalue weighted by Gasteiger charge is 2.09. The van der Waals surface area contributed by atoms with Crippen LogP contribution in [0.15, 0.2) is 35.4 Å². The second-order valence-electron chi connectivity index (χ2n) is 2.99. The molecular weight excluding hydrogens is 196 g/mol. The van der Waals surface area contributed by atoms with Crippen molar-refractivity contribution in [2.45, 2.75) is 12.5 Å². The molecule has 1 atom stereocenters. The molecule has 14 heavy (non-hydrogen) atoms. The van der Waals surface area contributed by atoms with E-state index in [1.807, 2.05) is 17.5 Å². The maximum absolute atomic E-state index is 9.78. The number of nitrogens with zero attached hydrogens (tertiary/aromatic N) is 2. The van der Waals surface area contributed by atoms with E-state index in [1.54, 1.807) is 17.9 Å². The number of aliphatic hydroxyl groups is 1. The van der Waals surface area contributed by atoms with Crippen molar-refractivity contribution >= 4 is 11.3 Å². The van der Waals surface area contributed by atoms with Gasteiger partial charge in [0.15, 0.2) is 0 Å². The lowest BCUT2D eigenvalue weighted by Gasteiger charge is -2.06. The van der Waals surface area contributed by atoms with E-state index in [0.29, 0.717) is 6.42 Å². The van der Waals surface area contributed by atoms with Gasteiger partial charge in [0.25, 0.3) is 0 Å². The minimum absolute atomic E-state index is 0.523. The highest BCUT2D eigenvalue weighted by atomic mass is 32.1. The van der Waals surface area contributed by atoms with Crippen LogP contribution in [0.3, 0.4) is 0 Å². The number of thiazole rings is 1. The summed E-state index contributed by atoms with van der Waals surface area (Å²) in [4.78, 5) is 8.05. The average Bonchev–Trinajstić information content (AvgIpc) is 2.72. The molecule has 4 heteroatoms. The van der Waals surface area contributed by atoms with E-state index in [1.165, 1.54) is 11.3 Å². The van der Waals surface area contributed by atoms with Crippen molar-refractivity contribution in [2.75, 3.05) is 0 Å². The molecule has 0 saturated heterocycles. The second kappa shape index (κ2) is 4.30. The molecule has 1 N–H and O–H groups in total. The van der Waals surface area contributed by atoms with E-state index in [-0.39, 0.29) is 0 Å². The number of pyridine rings is 1. The van der Waals surface area contributed by atoms with Gasteiger partial charge in [-0.25, -0.2) is 4.98 Å². The number of hydrogen-bond donors (Lipinski definition) is 1. The Bertz CT molecular complexity index is 374. The van der Waals surface area contributed by atoms with Gasteiger partial charge in [-0.2, -0.15) is 0 Å². The van der Waals surface area contributed by atoms with Crippen LogP contribution in [0.25, 0.3) is 0 Å². The van der Waals surface area contributed by atoms with E-state index < -0.39 is 6.10 Å². The first-order chi connectivity index (χ1) is 6.86. The maximum atomic E-state index is 9.78. The van der Waals surface area contributed by atoms with Gasteiger partial charge in [-0.1, -0.05) is 6.07 Å². The van der Waals surface area contributed by atoms with Crippen LogP contribution in [-0.2, 0) is 6.42 Å². The molecule has 1 unspecified atom stereocenters. The molecule has 2 rings (SSSR count). The summed E-state index contributed by atoms with van der Waals surface area (Å²) in [6.45, 7) is 0. The lowest BCUT2D eigenvalue weighted by atomic mass is 10.1. The fourth-order valence-electron chi connectivity index (χ4n) is 1.23. The highest BCUT2D eigenvalue weighted by Crippen LogP contribution is 2.17. The lowest BCUT2D eigenvalue weighted by Crippen LogP contribution is -2.01. The molecule has 0 aliphatic carbocycles. The van der Waals surface area contributed by atoms with Crippen LogP contribution in [0.5, 0.6) is 0 Å². The molecular formula is C10H10N2OS. The zero-order valence-corrected chi connectivity index (χ0v) is 8.31. The fourth-order valence-corrected chi connectivity index (χ4v) is 1.83. The number of rotatable bonds is 3. The zero-order valence-electron chi connectivity index (χ0n) is 7.50. The van der Waals surface area contributed by atoms with Gasteiger partial charge in [-0.05, 0) is 11.6 Å². The first kappa shape index (κ1) is 9.30. The molecule has 3 nitrogen and oxygen atoms in total. The Labute approximate surface area is 86.1 Å². The number of aliphatic hydroxyl groups excluding tert-OH is 1. The van der Waals surface area contributed by atoms with Gasteiger partial charge in [0, 0.05) is 24.2 Å². The van der Waals surface area contributed by atoms with Crippen molar-refractivity contribution in [1.82, 2.24) is 9.97 Å². The molecule has 2 aromatic heterocycles. The van der Waals surface area contributed by atoms with E-state index in [0.717, 1.165) is 11.3 Å². The topological polar surface area (TPSA) is 46.0 Å². The lowest BCUT2D eigenvalue weighted by molar-refractivity contribution is 0.174. The highest BCUT2D eigenvalue weighted by molar-refractivity contribution is 7.07. The smallest absolute Gasteiger partial charge is 0.101 e. The first-order valence-electron chi connectivity index (χ1n) is 4.31. The minimum atomic E-state index is -0.523. The van der Waals surface area contributed by atoms with Gasteiger partial charge in [0.2, 0.25) is 0 Å². The third-order valence-corrected chi connectivity index (χ3v) is 2.55. The molecule has 0 amide bonds.